The highest BCUT2D eigenvalue weighted by atomic mass is 16.2. The zero-order valence-corrected chi connectivity index (χ0v) is 15.3. The van der Waals surface area contributed by atoms with E-state index < -0.39 is 0 Å². The predicted octanol–water partition coefficient (Wildman–Crippen LogP) is 2.69. The molecule has 1 fully saturated rings. The van der Waals surface area contributed by atoms with Gasteiger partial charge in [0.2, 0.25) is 5.91 Å². The summed E-state index contributed by atoms with van der Waals surface area (Å²) in [6.45, 7) is 9.88. The van der Waals surface area contributed by atoms with Crippen molar-refractivity contribution in [2.45, 2.75) is 26.2 Å². The smallest absolute Gasteiger partial charge is 0.251 e. The molecule has 0 radical (unpaired) electrons. The summed E-state index contributed by atoms with van der Waals surface area (Å²) in [5, 5.41) is 3.00. The second-order valence-electron chi connectivity index (χ2n) is 6.57. The van der Waals surface area contributed by atoms with Crippen LogP contribution in [-0.4, -0.2) is 49.9 Å². The molecule has 5 nitrogen and oxygen atoms in total. The number of piperidine rings is 1. The van der Waals surface area contributed by atoms with Crippen molar-refractivity contribution in [3.63, 3.8) is 0 Å². The van der Waals surface area contributed by atoms with Crippen LogP contribution in [0.5, 0.6) is 0 Å². The van der Waals surface area contributed by atoms with Crippen molar-refractivity contribution >= 4 is 17.5 Å². The van der Waals surface area contributed by atoms with E-state index in [0.717, 1.165) is 18.7 Å². The molecule has 25 heavy (non-hydrogen) atoms. The molecule has 0 bridgehead atoms. The highest BCUT2D eigenvalue weighted by molar-refractivity contribution is 6.01. The number of likely N-dealkylation sites (N-methyl/N-ethyl adjacent to an activating group) is 1. The fourth-order valence-electron chi connectivity index (χ4n) is 3.18. The lowest BCUT2D eigenvalue weighted by molar-refractivity contribution is -0.113. The second kappa shape index (κ2) is 9.37. The van der Waals surface area contributed by atoms with E-state index in [0.29, 0.717) is 18.0 Å². The number of nitrogens with zero attached hydrogens (tertiary/aromatic N) is 2. The molecule has 0 saturated carbocycles. The molecule has 1 saturated heterocycles. The van der Waals surface area contributed by atoms with E-state index in [2.05, 4.69) is 23.7 Å². The van der Waals surface area contributed by atoms with E-state index in [1.807, 2.05) is 0 Å². The van der Waals surface area contributed by atoms with Crippen molar-refractivity contribution in [2.24, 2.45) is 5.92 Å². The standard InChI is InChI=1S/C20H29N3O2/c1-4-19(24)22(3)18-8-6-17(7-9-18)20(25)21-13-10-16-11-14-23(5-2)15-12-16/h4,6-9,16H,1,5,10-15H2,2-3H3,(H,21,25). The summed E-state index contributed by atoms with van der Waals surface area (Å²) in [5.41, 5.74) is 1.35. The molecule has 1 aromatic rings. The lowest BCUT2D eigenvalue weighted by Gasteiger charge is -2.31. The first-order valence-corrected chi connectivity index (χ1v) is 9.06. The zero-order chi connectivity index (χ0) is 18.2. The Morgan fingerprint density at radius 2 is 1.92 bits per heavy atom. The first-order valence-electron chi connectivity index (χ1n) is 9.06. The third kappa shape index (κ3) is 5.43. The van der Waals surface area contributed by atoms with Gasteiger partial charge in [-0.05, 0) is 75.2 Å². The summed E-state index contributed by atoms with van der Waals surface area (Å²) in [7, 11) is 1.68. The van der Waals surface area contributed by atoms with Crippen LogP contribution in [0.3, 0.4) is 0 Å². The van der Waals surface area contributed by atoms with E-state index in [9.17, 15) is 9.59 Å². The Morgan fingerprint density at radius 3 is 2.48 bits per heavy atom. The van der Waals surface area contributed by atoms with Crippen LogP contribution in [0.1, 0.15) is 36.5 Å². The minimum Gasteiger partial charge on any atom is -0.352 e. The van der Waals surface area contributed by atoms with Gasteiger partial charge in [-0.25, -0.2) is 0 Å². The fourth-order valence-corrected chi connectivity index (χ4v) is 3.18. The Labute approximate surface area is 150 Å². The van der Waals surface area contributed by atoms with Gasteiger partial charge in [-0.2, -0.15) is 0 Å². The number of nitrogens with one attached hydrogen (secondary N) is 1. The number of rotatable bonds is 7. The Hall–Kier alpha value is -2.14. The Kier molecular flexibility index (Phi) is 7.19. The quantitative estimate of drug-likeness (QED) is 0.775. The van der Waals surface area contributed by atoms with Crippen LogP contribution in [0.15, 0.2) is 36.9 Å². The van der Waals surface area contributed by atoms with Gasteiger partial charge in [0, 0.05) is 24.8 Å². The van der Waals surface area contributed by atoms with Crippen LogP contribution < -0.4 is 10.2 Å². The summed E-state index contributed by atoms with van der Waals surface area (Å²) in [5.74, 6) is 0.477. The third-order valence-electron chi connectivity index (χ3n) is 5.01. The molecule has 1 aromatic carbocycles. The van der Waals surface area contributed by atoms with E-state index in [-0.39, 0.29) is 11.8 Å². The van der Waals surface area contributed by atoms with Gasteiger partial charge in [-0.1, -0.05) is 13.5 Å². The molecule has 1 aliphatic rings. The number of hydrogen-bond acceptors (Lipinski definition) is 3. The van der Waals surface area contributed by atoms with Gasteiger partial charge in [0.25, 0.3) is 5.91 Å². The molecule has 136 valence electrons. The average molecular weight is 343 g/mol. The molecule has 5 heteroatoms. The number of carbonyl (C=O) groups excluding carboxylic acids is 2. The molecule has 0 spiro atoms. The van der Waals surface area contributed by atoms with Gasteiger partial charge in [0.05, 0.1) is 0 Å². The molecule has 0 unspecified atom stereocenters. The van der Waals surface area contributed by atoms with E-state index in [4.69, 9.17) is 0 Å². The van der Waals surface area contributed by atoms with Gasteiger partial charge >= 0.3 is 0 Å². The highest BCUT2D eigenvalue weighted by Gasteiger charge is 2.18. The van der Waals surface area contributed by atoms with Gasteiger partial charge in [0.15, 0.2) is 0 Å². The number of likely N-dealkylation sites (tertiary alicyclic amines) is 1. The van der Waals surface area contributed by atoms with Gasteiger partial charge in [-0.3, -0.25) is 9.59 Å². The second-order valence-corrected chi connectivity index (χ2v) is 6.57. The highest BCUT2D eigenvalue weighted by Crippen LogP contribution is 2.19. The molecule has 1 aliphatic heterocycles. The lowest BCUT2D eigenvalue weighted by atomic mass is 9.93. The molecule has 2 amide bonds. The topological polar surface area (TPSA) is 52.7 Å². The monoisotopic (exact) mass is 343 g/mol. The van der Waals surface area contributed by atoms with Crippen molar-refractivity contribution < 1.29 is 9.59 Å². The largest absolute Gasteiger partial charge is 0.352 e. The Bertz CT molecular complexity index is 589. The molecule has 0 aliphatic carbocycles. The lowest BCUT2D eigenvalue weighted by Crippen LogP contribution is -2.35. The van der Waals surface area contributed by atoms with Crippen LogP contribution in [0.4, 0.5) is 5.69 Å². The van der Waals surface area contributed by atoms with E-state index >= 15 is 0 Å². The molecular formula is C20H29N3O2. The van der Waals surface area contributed by atoms with Crippen molar-refractivity contribution in [3.8, 4) is 0 Å². The maximum atomic E-state index is 12.2. The summed E-state index contributed by atoms with van der Waals surface area (Å²) in [4.78, 5) is 27.8. The maximum Gasteiger partial charge on any atom is 0.251 e. The SMILES string of the molecule is C=CC(=O)N(C)c1ccc(C(=O)NCCC2CCN(CC)CC2)cc1. The molecule has 2 rings (SSSR count). The van der Waals surface area contributed by atoms with Gasteiger partial charge in [0.1, 0.15) is 0 Å². The summed E-state index contributed by atoms with van der Waals surface area (Å²) in [6, 6.07) is 7.04. The molecular weight excluding hydrogens is 314 g/mol. The number of hydrogen-bond donors (Lipinski definition) is 1. The van der Waals surface area contributed by atoms with Crippen LogP contribution in [0, 0.1) is 5.92 Å². The molecule has 1 N–H and O–H groups in total. The van der Waals surface area contributed by atoms with Crippen LogP contribution in [0.2, 0.25) is 0 Å². The van der Waals surface area contributed by atoms with Crippen molar-refractivity contribution in [2.75, 3.05) is 38.1 Å². The van der Waals surface area contributed by atoms with E-state index in [1.54, 1.807) is 31.3 Å². The zero-order valence-electron chi connectivity index (χ0n) is 15.3. The Morgan fingerprint density at radius 1 is 1.28 bits per heavy atom. The normalized spacial score (nSPS) is 15.6. The average Bonchev–Trinajstić information content (AvgIpc) is 2.67. The molecule has 0 atom stereocenters. The van der Waals surface area contributed by atoms with Crippen molar-refractivity contribution in [1.82, 2.24) is 10.2 Å². The number of benzene rings is 1. The molecule has 1 heterocycles. The van der Waals surface area contributed by atoms with Crippen molar-refractivity contribution in [3.05, 3.63) is 42.5 Å². The fraction of sp³-hybridized carbons (Fsp3) is 0.500. The van der Waals surface area contributed by atoms with Crippen LogP contribution in [0.25, 0.3) is 0 Å². The van der Waals surface area contributed by atoms with Gasteiger partial charge < -0.3 is 15.1 Å². The molecule has 0 aromatic heterocycles. The Balaban J connectivity index is 1.77. The summed E-state index contributed by atoms with van der Waals surface area (Å²) >= 11 is 0. The van der Waals surface area contributed by atoms with Crippen LogP contribution >= 0.6 is 0 Å². The van der Waals surface area contributed by atoms with Crippen LogP contribution in [-0.2, 0) is 4.79 Å². The van der Waals surface area contributed by atoms with Gasteiger partial charge in [-0.15, -0.1) is 0 Å². The maximum absolute atomic E-state index is 12.2. The first kappa shape index (κ1) is 19.2. The summed E-state index contributed by atoms with van der Waals surface area (Å²) in [6.07, 6.45) is 4.76. The third-order valence-corrected chi connectivity index (χ3v) is 5.01. The minimum absolute atomic E-state index is 0.0600. The minimum atomic E-state index is -0.175. The predicted molar refractivity (Wildman–Crippen MR) is 102 cm³/mol. The van der Waals surface area contributed by atoms with E-state index in [1.165, 1.54) is 36.9 Å². The first-order chi connectivity index (χ1) is 12.0. The number of amides is 2. The van der Waals surface area contributed by atoms with Crippen molar-refractivity contribution in [1.29, 1.82) is 0 Å². The number of anilines is 1. The number of carbonyl (C=O) groups is 2. The summed E-state index contributed by atoms with van der Waals surface area (Å²) < 4.78 is 0.